The maximum Gasteiger partial charge on any atom is 0.354 e. The molecule has 1 heterocycles. The molecule has 4 heteroatoms. The molecule has 0 unspecified atom stereocenters. The first-order valence-electron chi connectivity index (χ1n) is 6.52. The van der Waals surface area contributed by atoms with Crippen LogP contribution in [-0.2, 0) is 6.54 Å². The largest absolute Gasteiger partial charge is 0.477 e. The summed E-state index contributed by atoms with van der Waals surface area (Å²) in [5.74, 6) is 0.476. The van der Waals surface area contributed by atoms with Crippen molar-refractivity contribution in [3.63, 3.8) is 0 Å². The number of imidazole rings is 1. The zero-order chi connectivity index (χ0) is 13.4. The van der Waals surface area contributed by atoms with Crippen LogP contribution >= 0.6 is 0 Å². The van der Waals surface area contributed by atoms with Gasteiger partial charge in [-0.2, -0.15) is 0 Å². The third-order valence-electron chi connectivity index (χ3n) is 3.51. The first-order valence-corrected chi connectivity index (χ1v) is 6.52. The number of aromatic carboxylic acids is 1. The Morgan fingerprint density at radius 1 is 1.37 bits per heavy atom. The molecule has 0 saturated heterocycles. The topological polar surface area (TPSA) is 55.1 Å². The van der Waals surface area contributed by atoms with E-state index >= 15 is 0 Å². The van der Waals surface area contributed by atoms with Crippen LogP contribution in [0.4, 0.5) is 0 Å². The molecule has 0 amide bonds. The lowest BCUT2D eigenvalue weighted by atomic mass is 10.2. The molecule has 1 N–H and O–H groups in total. The predicted molar refractivity (Wildman–Crippen MR) is 72.1 cm³/mol. The molecule has 1 aromatic carbocycles. The Bertz CT molecular complexity index is 613. The molecule has 0 atom stereocenters. The summed E-state index contributed by atoms with van der Waals surface area (Å²) >= 11 is 0. The molecule has 0 aliphatic heterocycles. The van der Waals surface area contributed by atoms with E-state index in [-0.39, 0.29) is 0 Å². The van der Waals surface area contributed by atoms with Gasteiger partial charge >= 0.3 is 5.97 Å². The quantitative estimate of drug-likeness (QED) is 0.915. The Morgan fingerprint density at radius 2 is 2.05 bits per heavy atom. The molecule has 1 saturated carbocycles. The second-order valence-corrected chi connectivity index (χ2v) is 5.09. The number of carboxylic acid groups (broad SMARTS) is 1. The van der Waals surface area contributed by atoms with Crippen LogP contribution in [0.3, 0.4) is 0 Å². The van der Waals surface area contributed by atoms with Crippen molar-refractivity contribution in [1.29, 1.82) is 0 Å². The Labute approximate surface area is 111 Å². The smallest absolute Gasteiger partial charge is 0.354 e. The van der Waals surface area contributed by atoms with Gasteiger partial charge in [-0.1, -0.05) is 30.3 Å². The number of hydrogen-bond acceptors (Lipinski definition) is 2. The monoisotopic (exact) mass is 256 g/mol. The first kappa shape index (κ1) is 12.0. The summed E-state index contributed by atoms with van der Waals surface area (Å²) in [6.45, 7) is 2.52. The molecule has 1 aliphatic carbocycles. The summed E-state index contributed by atoms with van der Waals surface area (Å²) in [7, 11) is 0. The summed E-state index contributed by atoms with van der Waals surface area (Å²) in [6, 6.07) is 9.78. The second-order valence-electron chi connectivity index (χ2n) is 5.09. The fourth-order valence-corrected chi connectivity index (χ4v) is 2.39. The van der Waals surface area contributed by atoms with Crippen LogP contribution in [0.1, 0.15) is 29.0 Å². The van der Waals surface area contributed by atoms with E-state index in [9.17, 15) is 9.90 Å². The number of nitrogens with zero attached hydrogens (tertiary/aromatic N) is 2. The first-order chi connectivity index (χ1) is 9.16. The van der Waals surface area contributed by atoms with Gasteiger partial charge in [-0.15, -0.1) is 0 Å². The van der Waals surface area contributed by atoms with E-state index in [1.807, 2.05) is 34.9 Å². The molecule has 1 aromatic heterocycles. The Morgan fingerprint density at radius 3 is 2.63 bits per heavy atom. The Kier molecular flexibility index (Phi) is 2.85. The molecule has 2 aromatic rings. The van der Waals surface area contributed by atoms with Crippen LogP contribution in [0.2, 0.25) is 0 Å². The number of aromatic nitrogens is 2. The van der Waals surface area contributed by atoms with Crippen LogP contribution < -0.4 is 0 Å². The van der Waals surface area contributed by atoms with Crippen molar-refractivity contribution in [2.24, 2.45) is 5.92 Å². The maximum atomic E-state index is 11.4. The van der Waals surface area contributed by atoms with Crippen LogP contribution in [0.25, 0.3) is 11.4 Å². The molecule has 1 fully saturated rings. The lowest BCUT2D eigenvalue weighted by Gasteiger charge is -2.09. The molecule has 0 radical (unpaired) electrons. The van der Waals surface area contributed by atoms with Crippen LogP contribution in [0, 0.1) is 12.8 Å². The lowest BCUT2D eigenvalue weighted by molar-refractivity contribution is 0.0684. The van der Waals surface area contributed by atoms with E-state index in [0.717, 1.165) is 17.9 Å². The third-order valence-corrected chi connectivity index (χ3v) is 3.51. The zero-order valence-electron chi connectivity index (χ0n) is 10.8. The summed E-state index contributed by atoms with van der Waals surface area (Å²) in [5, 5.41) is 9.38. The van der Waals surface area contributed by atoms with Crippen molar-refractivity contribution in [1.82, 2.24) is 9.55 Å². The van der Waals surface area contributed by atoms with Crippen LogP contribution in [0.15, 0.2) is 30.3 Å². The Hall–Kier alpha value is -2.10. The van der Waals surface area contributed by atoms with E-state index in [1.165, 1.54) is 12.8 Å². The van der Waals surface area contributed by atoms with Crippen molar-refractivity contribution < 1.29 is 9.90 Å². The second kappa shape index (κ2) is 4.53. The van der Waals surface area contributed by atoms with E-state index < -0.39 is 5.97 Å². The van der Waals surface area contributed by atoms with E-state index in [4.69, 9.17) is 0 Å². The van der Waals surface area contributed by atoms with Gasteiger partial charge < -0.3 is 9.67 Å². The molecular weight excluding hydrogens is 240 g/mol. The molecule has 19 heavy (non-hydrogen) atoms. The van der Waals surface area contributed by atoms with Crippen molar-refractivity contribution in [2.45, 2.75) is 26.3 Å². The minimum absolute atomic E-state index is 0.325. The van der Waals surface area contributed by atoms with E-state index in [0.29, 0.717) is 17.3 Å². The van der Waals surface area contributed by atoms with Gasteiger partial charge in [0, 0.05) is 12.1 Å². The number of rotatable bonds is 4. The van der Waals surface area contributed by atoms with Crippen LogP contribution in [0.5, 0.6) is 0 Å². The highest BCUT2D eigenvalue weighted by atomic mass is 16.4. The summed E-state index contributed by atoms with van der Waals surface area (Å²) in [6.07, 6.45) is 2.37. The minimum Gasteiger partial charge on any atom is -0.477 e. The number of hydrogen-bond donors (Lipinski definition) is 1. The van der Waals surface area contributed by atoms with Crippen LogP contribution in [-0.4, -0.2) is 20.6 Å². The van der Waals surface area contributed by atoms with Gasteiger partial charge in [-0.3, -0.25) is 0 Å². The highest BCUT2D eigenvalue weighted by Crippen LogP contribution is 2.33. The third kappa shape index (κ3) is 2.26. The number of benzene rings is 1. The highest BCUT2D eigenvalue weighted by Gasteiger charge is 2.27. The maximum absolute atomic E-state index is 11.4. The van der Waals surface area contributed by atoms with Gasteiger partial charge in [0.2, 0.25) is 0 Å². The number of aryl methyl sites for hydroxylation is 1. The number of carbonyl (C=O) groups is 1. The predicted octanol–water partition coefficient (Wildman–Crippen LogP) is 2.97. The average Bonchev–Trinajstić information content (AvgIpc) is 3.13. The van der Waals surface area contributed by atoms with E-state index in [2.05, 4.69) is 4.98 Å². The zero-order valence-corrected chi connectivity index (χ0v) is 10.8. The van der Waals surface area contributed by atoms with Gasteiger partial charge in [-0.25, -0.2) is 9.78 Å². The van der Waals surface area contributed by atoms with Crippen molar-refractivity contribution in [3.8, 4) is 11.4 Å². The molecule has 0 bridgehead atoms. The highest BCUT2D eigenvalue weighted by molar-refractivity contribution is 5.88. The fraction of sp³-hybridized carbons (Fsp3) is 0.333. The molecule has 3 rings (SSSR count). The molecular formula is C15H16N2O2. The van der Waals surface area contributed by atoms with E-state index in [1.54, 1.807) is 6.92 Å². The normalized spacial score (nSPS) is 14.6. The summed E-state index contributed by atoms with van der Waals surface area (Å²) in [4.78, 5) is 15.9. The molecule has 98 valence electrons. The van der Waals surface area contributed by atoms with Gasteiger partial charge in [0.15, 0.2) is 5.69 Å². The lowest BCUT2D eigenvalue weighted by Crippen LogP contribution is -2.12. The Balaban J connectivity index is 2.12. The molecule has 1 aliphatic rings. The summed E-state index contributed by atoms with van der Waals surface area (Å²) < 4.78 is 1.87. The van der Waals surface area contributed by atoms with Crippen molar-refractivity contribution in [2.75, 3.05) is 0 Å². The van der Waals surface area contributed by atoms with Gasteiger partial charge in [0.1, 0.15) is 5.82 Å². The fourth-order valence-electron chi connectivity index (χ4n) is 2.39. The minimum atomic E-state index is -0.896. The summed E-state index contributed by atoms with van der Waals surface area (Å²) in [5.41, 5.74) is 1.89. The van der Waals surface area contributed by atoms with Crippen molar-refractivity contribution >= 4 is 5.97 Å². The molecule has 0 spiro atoms. The number of carboxylic acids is 1. The standard InChI is InChI=1S/C15H16N2O2/c1-10-13(15(18)19)17(9-11-7-8-11)14(16-10)12-5-3-2-4-6-12/h2-6,11H,7-9H2,1H3,(H,18,19). The SMILES string of the molecule is Cc1nc(-c2ccccc2)n(CC2CC2)c1C(=O)O. The van der Waals surface area contributed by atoms with Crippen molar-refractivity contribution in [3.05, 3.63) is 41.7 Å². The molecule has 4 nitrogen and oxygen atoms in total. The van der Waals surface area contributed by atoms with Gasteiger partial charge in [0.05, 0.1) is 5.69 Å². The van der Waals surface area contributed by atoms with Gasteiger partial charge in [0.25, 0.3) is 0 Å². The average molecular weight is 256 g/mol. The van der Waals surface area contributed by atoms with Gasteiger partial charge in [-0.05, 0) is 25.7 Å².